The Morgan fingerprint density at radius 2 is 1.66 bits per heavy atom. The number of rotatable bonds is 18. The van der Waals surface area contributed by atoms with Gasteiger partial charge in [-0.15, -0.1) is 0 Å². The lowest BCUT2D eigenvalue weighted by Gasteiger charge is -2.35. The van der Waals surface area contributed by atoms with Gasteiger partial charge in [0.1, 0.15) is 35.5 Å². The monoisotopic (exact) mass is 950 g/mol. The molecule has 0 bridgehead atoms. The van der Waals surface area contributed by atoms with Crippen molar-refractivity contribution >= 4 is 80.5 Å². The molecule has 20 heteroatoms. The highest BCUT2D eigenvalue weighted by molar-refractivity contribution is 6.35. The van der Waals surface area contributed by atoms with Gasteiger partial charge in [0.2, 0.25) is 29.6 Å². The number of piperazine rings is 1. The summed E-state index contributed by atoms with van der Waals surface area (Å²) in [5.74, 6) is -2.65. The van der Waals surface area contributed by atoms with Gasteiger partial charge in [-0.1, -0.05) is 42.4 Å². The average Bonchev–Trinajstić information content (AvgIpc) is 3.57. The standard InChI is InChI=1S/C48H48ClFN8O10/c1-3-39(61)56-14-16-57(17-15-56)44-35-27-36(49)41(33-25-29(59)24-28-6-4-5-7-31(28)33)42(50)43(35)53-48(54-44)51-13-12-40(62)55(2)18-19-66-20-21-67-22-23-68-30-8-9-32-34(26-30)47(65)58(46(32)64)37-10-11-38(60)52-45(37)63/h3-9,24-27,37,59H,1,10-23H2,2H3,(H,51,53,54)(H,52,60,63). The number of amides is 6. The molecular formula is C48H48ClFN8O10. The van der Waals surface area contributed by atoms with Crippen molar-refractivity contribution in [3.05, 3.63) is 95.3 Å². The highest BCUT2D eigenvalue weighted by Gasteiger charge is 2.44. The minimum atomic E-state index is -1.06. The second-order valence-electron chi connectivity index (χ2n) is 16.3. The summed E-state index contributed by atoms with van der Waals surface area (Å²) in [5, 5.41) is 17.7. The maximum absolute atomic E-state index is 16.9. The first-order valence-electron chi connectivity index (χ1n) is 22.0. The van der Waals surface area contributed by atoms with E-state index in [-0.39, 0.29) is 110 Å². The Bertz CT molecular complexity index is 2840. The van der Waals surface area contributed by atoms with Gasteiger partial charge in [0.05, 0.1) is 42.6 Å². The van der Waals surface area contributed by atoms with E-state index in [1.54, 1.807) is 30.1 Å². The van der Waals surface area contributed by atoms with Crippen LogP contribution in [0.15, 0.2) is 73.3 Å². The number of imide groups is 2. The number of piperidine rings is 1. The second kappa shape index (κ2) is 20.7. The highest BCUT2D eigenvalue weighted by atomic mass is 35.5. The zero-order valence-corrected chi connectivity index (χ0v) is 37.9. The van der Waals surface area contributed by atoms with Crippen molar-refractivity contribution < 1.29 is 52.5 Å². The fourth-order valence-electron chi connectivity index (χ4n) is 8.39. The van der Waals surface area contributed by atoms with Gasteiger partial charge in [-0.25, -0.2) is 9.37 Å². The molecule has 0 spiro atoms. The molecule has 3 N–H and O–H groups in total. The van der Waals surface area contributed by atoms with Gasteiger partial charge in [0.15, 0.2) is 5.82 Å². The van der Waals surface area contributed by atoms with E-state index in [9.17, 15) is 33.9 Å². The number of ether oxygens (including phenoxy) is 3. The van der Waals surface area contributed by atoms with Crippen LogP contribution >= 0.6 is 11.6 Å². The Kier molecular flexibility index (Phi) is 14.4. The lowest BCUT2D eigenvalue weighted by Crippen LogP contribution is -2.54. The van der Waals surface area contributed by atoms with Gasteiger partial charge in [-0.3, -0.25) is 39.0 Å². The number of anilines is 2. The van der Waals surface area contributed by atoms with Crippen LogP contribution in [-0.2, 0) is 28.7 Å². The number of carbonyl (C=O) groups excluding carboxylic acids is 6. The molecule has 3 aliphatic rings. The Balaban J connectivity index is 0.812. The molecule has 1 aromatic heterocycles. The van der Waals surface area contributed by atoms with E-state index in [0.717, 1.165) is 4.90 Å². The third-order valence-corrected chi connectivity index (χ3v) is 12.2. The number of fused-ring (bicyclic) bond motifs is 3. The van der Waals surface area contributed by atoms with Gasteiger partial charge < -0.3 is 39.3 Å². The van der Waals surface area contributed by atoms with Crippen LogP contribution in [0.2, 0.25) is 5.02 Å². The zero-order chi connectivity index (χ0) is 48.1. The van der Waals surface area contributed by atoms with Crippen molar-refractivity contribution in [3.8, 4) is 22.6 Å². The molecule has 6 amide bonds. The van der Waals surface area contributed by atoms with E-state index in [0.29, 0.717) is 66.0 Å². The maximum atomic E-state index is 16.9. The van der Waals surface area contributed by atoms with E-state index in [1.807, 2.05) is 29.2 Å². The first-order valence-corrected chi connectivity index (χ1v) is 22.4. The molecule has 4 aromatic carbocycles. The molecule has 8 rings (SSSR count). The second-order valence-corrected chi connectivity index (χ2v) is 16.7. The summed E-state index contributed by atoms with van der Waals surface area (Å²) < 4.78 is 33.9. The Labute approximate surface area is 394 Å². The molecule has 354 valence electrons. The van der Waals surface area contributed by atoms with Gasteiger partial charge >= 0.3 is 0 Å². The number of nitrogens with one attached hydrogen (secondary N) is 2. The lowest BCUT2D eigenvalue weighted by atomic mass is 9.96. The molecule has 0 radical (unpaired) electrons. The summed E-state index contributed by atoms with van der Waals surface area (Å²) in [6.45, 7) is 6.69. The number of aromatic hydroxyl groups is 1. The smallest absolute Gasteiger partial charge is 0.262 e. The van der Waals surface area contributed by atoms with Crippen LogP contribution in [0, 0.1) is 5.82 Å². The van der Waals surface area contributed by atoms with Gasteiger partial charge in [-0.2, -0.15) is 4.98 Å². The summed E-state index contributed by atoms with van der Waals surface area (Å²) in [5.41, 5.74) is 0.717. The third-order valence-electron chi connectivity index (χ3n) is 11.9. The maximum Gasteiger partial charge on any atom is 0.262 e. The predicted molar refractivity (Wildman–Crippen MR) is 249 cm³/mol. The fourth-order valence-corrected chi connectivity index (χ4v) is 8.69. The van der Waals surface area contributed by atoms with Crippen LogP contribution in [0.4, 0.5) is 16.2 Å². The molecule has 5 aromatic rings. The lowest BCUT2D eigenvalue weighted by molar-refractivity contribution is -0.136. The molecule has 3 aliphatic heterocycles. The van der Waals surface area contributed by atoms with E-state index in [1.165, 1.54) is 29.2 Å². The van der Waals surface area contributed by atoms with Gasteiger partial charge in [0.25, 0.3) is 11.8 Å². The summed E-state index contributed by atoms with van der Waals surface area (Å²) in [7, 11) is 1.65. The number of nitrogens with zero attached hydrogens (tertiary/aromatic N) is 6. The number of carbonyl (C=O) groups is 6. The van der Waals surface area contributed by atoms with E-state index in [4.69, 9.17) is 30.8 Å². The number of phenolic OH excluding ortho intramolecular Hbond substituents is 1. The number of halogens is 2. The molecule has 1 unspecified atom stereocenters. The quantitative estimate of drug-likeness (QED) is 0.0625. The molecule has 4 heterocycles. The van der Waals surface area contributed by atoms with Crippen molar-refractivity contribution in [1.82, 2.24) is 30.0 Å². The summed E-state index contributed by atoms with van der Waals surface area (Å²) in [4.78, 5) is 90.6. The van der Waals surface area contributed by atoms with Crippen LogP contribution in [-0.4, -0.2) is 151 Å². The van der Waals surface area contributed by atoms with Crippen molar-refractivity contribution in [1.29, 1.82) is 0 Å². The fraction of sp³-hybridized carbons (Fsp3) is 0.333. The molecule has 2 saturated heterocycles. The summed E-state index contributed by atoms with van der Waals surface area (Å²) in [6.07, 6.45) is 1.42. The number of hydrogen-bond donors (Lipinski definition) is 3. The number of benzene rings is 4. The molecule has 0 saturated carbocycles. The highest BCUT2D eigenvalue weighted by Crippen LogP contribution is 2.42. The largest absolute Gasteiger partial charge is 0.508 e. The first-order chi connectivity index (χ1) is 32.8. The van der Waals surface area contributed by atoms with Crippen LogP contribution in [0.3, 0.4) is 0 Å². The minimum Gasteiger partial charge on any atom is -0.508 e. The van der Waals surface area contributed by atoms with Gasteiger partial charge in [0, 0.05) is 70.1 Å². The van der Waals surface area contributed by atoms with Crippen LogP contribution in [0.5, 0.6) is 11.5 Å². The molecule has 0 aliphatic carbocycles. The Morgan fingerprint density at radius 3 is 2.43 bits per heavy atom. The zero-order valence-electron chi connectivity index (χ0n) is 37.1. The summed E-state index contributed by atoms with van der Waals surface area (Å²) in [6, 6.07) is 15.4. The number of likely N-dealkylation sites (N-methyl/N-ethyl adjacent to an activating group) is 1. The van der Waals surface area contributed by atoms with Crippen molar-refractivity contribution in [2.24, 2.45) is 0 Å². The van der Waals surface area contributed by atoms with Crippen LogP contribution in [0.1, 0.15) is 40.0 Å². The number of phenols is 1. The normalized spacial score (nSPS) is 16.0. The van der Waals surface area contributed by atoms with Crippen molar-refractivity contribution in [2.75, 3.05) is 89.6 Å². The molecule has 18 nitrogen and oxygen atoms in total. The minimum absolute atomic E-state index is 0.0110. The van der Waals surface area contributed by atoms with E-state index < -0.39 is 35.5 Å². The van der Waals surface area contributed by atoms with E-state index in [2.05, 4.69) is 22.2 Å². The van der Waals surface area contributed by atoms with Gasteiger partial charge in [-0.05, 0) is 65.2 Å². The predicted octanol–water partition coefficient (Wildman–Crippen LogP) is 4.56. The molecular weight excluding hydrogens is 903 g/mol. The van der Waals surface area contributed by atoms with Crippen molar-refractivity contribution in [2.45, 2.75) is 25.3 Å². The van der Waals surface area contributed by atoms with Crippen LogP contribution < -0.4 is 20.3 Å². The molecule has 68 heavy (non-hydrogen) atoms. The number of aromatic nitrogens is 2. The van der Waals surface area contributed by atoms with Crippen molar-refractivity contribution in [3.63, 3.8) is 0 Å². The van der Waals surface area contributed by atoms with E-state index >= 15 is 4.39 Å². The SMILES string of the molecule is C=CC(=O)N1CCN(c2nc(NCCC(=O)N(C)CCOCCOCCOc3ccc4c(c3)C(=O)N(C3CCC(=O)NC3=O)C4=O)nc3c(F)c(-c4cc(O)cc5ccccc45)c(Cl)cc23)CC1. The van der Waals surface area contributed by atoms with Crippen LogP contribution in [0.25, 0.3) is 32.8 Å². The number of hydrogen-bond acceptors (Lipinski definition) is 14. The first kappa shape index (κ1) is 47.3. The molecule has 1 atom stereocenters. The summed E-state index contributed by atoms with van der Waals surface area (Å²) >= 11 is 6.85. The molecule has 2 fully saturated rings. The topological polar surface area (TPSA) is 213 Å². The average molecular weight is 951 g/mol. The Morgan fingerprint density at radius 1 is 0.926 bits per heavy atom. The third kappa shape index (κ3) is 10.0. The Hall–Kier alpha value is -7.22.